The summed E-state index contributed by atoms with van der Waals surface area (Å²) in [6.07, 6.45) is 1.59. The molecule has 0 amide bonds. The summed E-state index contributed by atoms with van der Waals surface area (Å²) in [5, 5.41) is 4.29. The molecular weight excluding hydrogens is 300 g/mol. The number of anilines is 2. The van der Waals surface area contributed by atoms with E-state index in [1.54, 1.807) is 13.1 Å². The van der Waals surface area contributed by atoms with Crippen LogP contribution in [0.15, 0.2) is 48.7 Å². The van der Waals surface area contributed by atoms with Gasteiger partial charge in [0, 0.05) is 17.3 Å². The van der Waals surface area contributed by atoms with Crippen LogP contribution < -0.4 is 5.32 Å². The fraction of sp³-hybridized carbons (Fsp3) is 0.200. The van der Waals surface area contributed by atoms with Crippen LogP contribution in [-0.2, 0) is 4.74 Å². The second kappa shape index (κ2) is 6.71. The first kappa shape index (κ1) is 16.0. The summed E-state index contributed by atoms with van der Waals surface area (Å²) in [5.41, 5.74) is 5.18. The molecule has 0 aliphatic rings. The maximum atomic E-state index is 12.3. The number of carbonyl (C=O) groups excluding carboxylic acids is 1. The van der Waals surface area contributed by atoms with Gasteiger partial charge in [-0.2, -0.15) is 0 Å². The summed E-state index contributed by atoms with van der Waals surface area (Å²) in [6, 6.07) is 14.0. The van der Waals surface area contributed by atoms with Gasteiger partial charge in [-0.25, -0.2) is 4.79 Å². The van der Waals surface area contributed by atoms with E-state index in [0.29, 0.717) is 12.2 Å². The maximum absolute atomic E-state index is 12.3. The molecule has 0 aliphatic heterocycles. The number of hydrogen-bond donors (Lipinski definition) is 1. The van der Waals surface area contributed by atoms with Gasteiger partial charge in [-0.3, -0.25) is 4.98 Å². The van der Waals surface area contributed by atoms with Crippen LogP contribution in [-0.4, -0.2) is 17.6 Å². The number of aryl methyl sites for hydroxylation is 2. The standard InChI is InChI=1S/C20H20N2O2/c1-4-24-20(23)17-12-21-18-14(3)8-6-10-16(18)19(17)22-15-9-5-7-13(2)11-15/h5-12H,4H2,1-3H3,(H,21,22). The maximum Gasteiger partial charge on any atom is 0.341 e. The Morgan fingerprint density at radius 3 is 2.71 bits per heavy atom. The summed E-state index contributed by atoms with van der Waals surface area (Å²) in [7, 11) is 0. The van der Waals surface area contributed by atoms with Crippen LogP contribution in [0.1, 0.15) is 28.4 Å². The predicted molar refractivity (Wildman–Crippen MR) is 96.9 cm³/mol. The molecule has 0 radical (unpaired) electrons. The highest BCUT2D eigenvalue weighted by Gasteiger charge is 2.17. The molecule has 0 fully saturated rings. The lowest BCUT2D eigenvalue weighted by molar-refractivity contribution is 0.0527. The average molecular weight is 320 g/mol. The molecule has 2 aromatic carbocycles. The van der Waals surface area contributed by atoms with E-state index in [1.165, 1.54) is 0 Å². The molecule has 0 saturated heterocycles. The van der Waals surface area contributed by atoms with Gasteiger partial charge in [-0.15, -0.1) is 0 Å². The van der Waals surface area contributed by atoms with Crippen molar-refractivity contribution in [1.82, 2.24) is 4.98 Å². The molecule has 0 unspecified atom stereocenters. The number of benzene rings is 2. The van der Waals surface area contributed by atoms with E-state index in [1.807, 2.05) is 56.3 Å². The van der Waals surface area contributed by atoms with Crippen molar-refractivity contribution < 1.29 is 9.53 Å². The number of para-hydroxylation sites is 1. The zero-order valence-corrected chi connectivity index (χ0v) is 14.1. The molecule has 3 rings (SSSR count). The lowest BCUT2D eigenvalue weighted by atomic mass is 10.1. The number of nitrogens with zero attached hydrogens (tertiary/aromatic N) is 1. The number of fused-ring (bicyclic) bond motifs is 1. The lowest BCUT2D eigenvalue weighted by Crippen LogP contribution is -2.09. The van der Waals surface area contributed by atoms with E-state index >= 15 is 0 Å². The fourth-order valence-electron chi connectivity index (χ4n) is 2.74. The minimum Gasteiger partial charge on any atom is -0.462 e. The van der Waals surface area contributed by atoms with Crippen LogP contribution >= 0.6 is 0 Å². The molecule has 0 aliphatic carbocycles. The van der Waals surface area contributed by atoms with Gasteiger partial charge in [-0.05, 0) is 44.0 Å². The highest BCUT2D eigenvalue weighted by Crippen LogP contribution is 2.31. The molecule has 1 aromatic heterocycles. The number of nitrogens with one attached hydrogen (secondary N) is 1. The van der Waals surface area contributed by atoms with Crippen molar-refractivity contribution in [2.24, 2.45) is 0 Å². The highest BCUT2D eigenvalue weighted by molar-refractivity contribution is 6.06. The van der Waals surface area contributed by atoms with Gasteiger partial charge in [-0.1, -0.05) is 30.3 Å². The predicted octanol–water partition coefficient (Wildman–Crippen LogP) is 4.77. The number of pyridine rings is 1. The molecule has 0 spiro atoms. The Bertz CT molecular complexity index is 903. The summed E-state index contributed by atoms with van der Waals surface area (Å²) in [5.74, 6) is -0.372. The molecular formula is C20H20N2O2. The summed E-state index contributed by atoms with van der Waals surface area (Å²) in [6.45, 7) is 6.17. The molecule has 24 heavy (non-hydrogen) atoms. The van der Waals surface area contributed by atoms with E-state index in [2.05, 4.69) is 10.3 Å². The van der Waals surface area contributed by atoms with Gasteiger partial charge < -0.3 is 10.1 Å². The lowest BCUT2D eigenvalue weighted by Gasteiger charge is -2.15. The van der Waals surface area contributed by atoms with Crippen LogP contribution in [0.2, 0.25) is 0 Å². The molecule has 0 bridgehead atoms. The first-order valence-corrected chi connectivity index (χ1v) is 7.99. The monoisotopic (exact) mass is 320 g/mol. The third-order valence-electron chi connectivity index (χ3n) is 3.88. The zero-order valence-electron chi connectivity index (χ0n) is 14.1. The molecule has 4 nitrogen and oxygen atoms in total. The van der Waals surface area contributed by atoms with Crippen LogP contribution in [0.4, 0.5) is 11.4 Å². The van der Waals surface area contributed by atoms with Gasteiger partial charge >= 0.3 is 5.97 Å². The number of carbonyl (C=O) groups is 1. The average Bonchev–Trinajstić information content (AvgIpc) is 2.56. The van der Waals surface area contributed by atoms with E-state index in [4.69, 9.17) is 4.74 Å². The van der Waals surface area contributed by atoms with Gasteiger partial charge in [0.2, 0.25) is 0 Å². The van der Waals surface area contributed by atoms with Crippen molar-refractivity contribution in [3.05, 3.63) is 65.4 Å². The Morgan fingerprint density at radius 1 is 1.17 bits per heavy atom. The Labute approximate surface area is 141 Å². The Hall–Kier alpha value is -2.88. The van der Waals surface area contributed by atoms with Gasteiger partial charge in [0.1, 0.15) is 5.56 Å². The minimum absolute atomic E-state index is 0.328. The van der Waals surface area contributed by atoms with E-state index in [-0.39, 0.29) is 5.97 Å². The van der Waals surface area contributed by atoms with Crippen LogP contribution in [0.5, 0.6) is 0 Å². The van der Waals surface area contributed by atoms with Gasteiger partial charge in [0.15, 0.2) is 0 Å². The van der Waals surface area contributed by atoms with Gasteiger partial charge in [0.25, 0.3) is 0 Å². The quantitative estimate of drug-likeness (QED) is 0.703. The van der Waals surface area contributed by atoms with Crippen molar-refractivity contribution in [2.45, 2.75) is 20.8 Å². The Kier molecular flexibility index (Phi) is 4.47. The first-order valence-electron chi connectivity index (χ1n) is 7.99. The summed E-state index contributed by atoms with van der Waals surface area (Å²) in [4.78, 5) is 16.8. The topological polar surface area (TPSA) is 51.2 Å². The molecule has 1 heterocycles. The third-order valence-corrected chi connectivity index (χ3v) is 3.88. The van der Waals surface area contributed by atoms with Crippen molar-refractivity contribution in [1.29, 1.82) is 0 Å². The third kappa shape index (κ3) is 3.08. The van der Waals surface area contributed by atoms with Crippen molar-refractivity contribution in [3.8, 4) is 0 Å². The Morgan fingerprint density at radius 2 is 1.96 bits per heavy atom. The smallest absolute Gasteiger partial charge is 0.341 e. The number of rotatable bonds is 4. The molecule has 3 aromatic rings. The second-order valence-corrected chi connectivity index (χ2v) is 5.73. The van der Waals surface area contributed by atoms with Crippen molar-refractivity contribution in [2.75, 3.05) is 11.9 Å². The van der Waals surface area contributed by atoms with Crippen molar-refractivity contribution >= 4 is 28.2 Å². The van der Waals surface area contributed by atoms with Crippen molar-refractivity contribution in [3.63, 3.8) is 0 Å². The highest BCUT2D eigenvalue weighted by atomic mass is 16.5. The molecule has 0 atom stereocenters. The summed E-state index contributed by atoms with van der Waals surface area (Å²) < 4.78 is 5.19. The van der Waals surface area contributed by atoms with Crippen LogP contribution in [0.25, 0.3) is 10.9 Å². The summed E-state index contributed by atoms with van der Waals surface area (Å²) >= 11 is 0. The molecule has 122 valence electrons. The zero-order chi connectivity index (χ0) is 17.1. The number of aromatic nitrogens is 1. The largest absolute Gasteiger partial charge is 0.462 e. The number of ether oxygens (including phenoxy) is 1. The van der Waals surface area contributed by atoms with Crippen LogP contribution in [0, 0.1) is 13.8 Å². The fourth-order valence-corrected chi connectivity index (χ4v) is 2.74. The number of hydrogen-bond acceptors (Lipinski definition) is 4. The van der Waals surface area contributed by atoms with E-state index < -0.39 is 0 Å². The van der Waals surface area contributed by atoms with E-state index in [0.717, 1.165) is 33.4 Å². The molecule has 0 saturated carbocycles. The second-order valence-electron chi connectivity index (χ2n) is 5.73. The number of esters is 1. The minimum atomic E-state index is -0.372. The molecule has 1 N–H and O–H groups in total. The van der Waals surface area contributed by atoms with E-state index in [9.17, 15) is 4.79 Å². The van der Waals surface area contributed by atoms with Gasteiger partial charge in [0.05, 0.1) is 17.8 Å². The van der Waals surface area contributed by atoms with Crippen LogP contribution in [0.3, 0.4) is 0 Å². The molecule has 4 heteroatoms. The first-order chi connectivity index (χ1) is 11.6. The Balaban J connectivity index is 2.18. The normalized spacial score (nSPS) is 10.6. The SMILES string of the molecule is CCOC(=O)c1cnc2c(C)cccc2c1Nc1cccc(C)c1.